The fourth-order valence-corrected chi connectivity index (χ4v) is 9.87. The molecule has 1 aliphatic carbocycles. The Balaban J connectivity index is 2.11. The standard InChI is InChI=1S/C17H24Si/c1-12-11-13-6-9-18(3)10-8-17(2)7-4-5-14(12)15(17)16(13)18/h11H,4-10H2,1-3H3. The van der Waals surface area contributed by atoms with Crippen molar-refractivity contribution < 1.29 is 0 Å². The van der Waals surface area contributed by atoms with E-state index in [9.17, 15) is 0 Å². The fraction of sp³-hybridized carbons (Fsp3) is 0.647. The summed E-state index contributed by atoms with van der Waals surface area (Å²) in [5, 5.41) is 1.94. The van der Waals surface area contributed by atoms with E-state index in [4.69, 9.17) is 0 Å². The molecule has 0 N–H and O–H groups in total. The van der Waals surface area contributed by atoms with Crippen molar-refractivity contribution in [1.82, 2.24) is 0 Å². The zero-order chi connectivity index (χ0) is 12.5. The smallest absolute Gasteiger partial charge is 0.0652 e. The van der Waals surface area contributed by atoms with E-state index in [2.05, 4.69) is 26.5 Å². The Kier molecular flexibility index (Phi) is 2.07. The summed E-state index contributed by atoms with van der Waals surface area (Å²) in [5.74, 6) is 0. The van der Waals surface area contributed by atoms with Crippen molar-refractivity contribution in [3.05, 3.63) is 28.3 Å². The summed E-state index contributed by atoms with van der Waals surface area (Å²) in [7, 11) is -1.06. The lowest BCUT2D eigenvalue weighted by molar-refractivity contribution is 0.376. The van der Waals surface area contributed by atoms with Crippen LogP contribution in [0.5, 0.6) is 0 Å². The van der Waals surface area contributed by atoms with Crippen LogP contribution in [-0.2, 0) is 18.3 Å². The van der Waals surface area contributed by atoms with Crippen molar-refractivity contribution in [2.24, 2.45) is 0 Å². The molecule has 0 fully saturated rings. The topological polar surface area (TPSA) is 0 Å². The summed E-state index contributed by atoms with van der Waals surface area (Å²) in [6.45, 7) is 7.60. The summed E-state index contributed by atoms with van der Waals surface area (Å²) in [6.07, 6.45) is 7.09. The summed E-state index contributed by atoms with van der Waals surface area (Å²) < 4.78 is 0. The van der Waals surface area contributed by atoms with E-state index in [-0.39, 0.29) is 0 Å². The Hall–Kier alpha value is -0.563. The second-order valence-electron chi connectivity index (χ2n) is 7.56. The van der Waals surface area contributed by atoms with Gasteiger partial charge in [-0.25, -0.2) is 0 Å². The molecule has 1 aromatic rings. The molecule has 4 rings (SSSR count). The van der Waals surface area contributed by atoms with E-state index in [0.29, 0.717) is 5.41 Å². The van der Waals surface area contributed by atoms with Gasteiger partial charge in [-0.05, 0) is 72.7 Å². The van der Waals surface area contributed by atoms with Gasteiger partial charge in [-0.3, -0.25) is 0 Å². The molecule has 2 heterocycles. The normalized spacial score (nSPS) is 36.6. The van der Waals surface area contributed by atoms with E-state index in [0.717, 1.165) is 0 Å². The Morgan fingerprint density at radius 3 is 2.83 bits per heavy atom. The first-order chi connectivity index (χ1) is 8.54. The number of hydrogen-bond acceptors (Lipinski definition) is 0. The molecule has 0 radical (unpaired) electrons. The third kappa shape index (κ3) is 1.22. The Morgan fingerprint density at radius 1 is 1.17 bits per heavy atom. The van der Waals surface area contributed by atoms with Crippen molar-refractivity contribution in [2.75, 3.05) is 0 Å². The van der Waals surface area contributed by atoms with Gasteiger partial charge in [-0.2, -0.15) is 0 Å². The largest absolute Gasteiger partial charge is 0.0848 e. The van der Waals surface area contributed by atoms with Gasteiger partial charge in [0, 0.05) is 0 Å². The molecule has 0 aromatic heterocycles. The van der Waals surface area contributed by atoms with Gasteiger partial charge in [0.25, 0.3) is 0 Å². The van der Waals surface area contributed by atoms with Crippen molar-refractivity contribution in [3.8, 4) is 0 Å². The lowest BCUT2D eigenvalue weighted by Crippen LogP contribution is -2.53. The third-order valence-electron chi connectivity index (χ3n) is 6.28. The second-order valence-corrected chi connectivity index (χ2v) is 12.2. The van der Waals surface area contributed by atoms with E-state index < -0.39 is 8.07 Å². The van der Waals surface area contributed by atoms with Crippen LogP contribution >= 0.6 is 0 Å². The number of aryl methyl sites for hydroxylation is 2. The first-order valence-corrected chi connectivity index (χ1v) is 10.6. The minimum Gasteiger partial charge on any atom is -0.0652 e. The minimum atomic E-state index is -1.06. The molecule has 0 bridgehead atoms. The zero-order valence-electron chi connectivity index (χ0n) is 12.0. The van der Waals surface area contributed by atoms with Crippen LogP contribution in [0.3, 0.4) is 0 Å². The SMILES string of the molecule is Cc1cc2c3c4c1CCCC4(C)CC[Si]3(C)CC2. The molecule has 0 nitrogen and oxygen atoms in total. The van der Waals surface area contributed by atoms with Gasteiger partial charge in [0.15, 0.2) is 0 Å². The molecule has 2 aliphatic heterocycles. The van der Waals surface area contributed by atoms with E-state index in [1.807, 2.05) is 10.8 Å². The third-order valence-corrected chi connectivity index (χ3v) is 10.8. The van der Waals surface area contributed by atoms with E-state index >= 15 is 0 Å². The molecule has 0 spiro atoms. The van der Waals surface area contributed by atoms with Crippen LogP contribution < -0.4 is 5.19 Å². The van der Waals surface area contributed by atoms with Gasteiger partial charge < -0.3 is 0 Å². The molecule has 18 heavy (non-hydrogen) atoms. The highest BCUT2D eigenvalue weighted by Gasteiger charge is 2.49. The van der Waals surface area contributed by atoms with Crippen LogP contribution in [0.1, 0.15) is 48.4 Å². The first-order valence-electron chi connectivity index (χ1n) is 7.70. The molecular formula is C17H24Si. The van der Waals surface area contributed by atoms with Crippen LogP contribution in [-0.4, -0.2) is 8.07 Å². The maximum absolute atomic E-state index is 2.67. The van der Waals surface area contributed by atoms with Crippen LogP contribution in [0.15, 0.2) is 6.07 Å². The van der Waals surface area contributed by atoms with Gasteiger partial charge in [0.1, 0.15) is 0 Å². The maximum Gasteiger partial charge on any atom is 0.0848 e. The lowest BCUT2D eigenvalue weighted by atomic mass is 9.68. The van der Waals surface area contributed by atoms with Crippen LogP contribution in [0.25, 0.3) is 0 Å². The molecule has 0 amide bonds. The van der Waals surface area contributed by atoms with Gasteiger partial charge in [0.2, 0.25) is 0 Å². The zero-order valence-corrected chi connectivity index (χ0v) is 13.0. The minimum absolute atomic E-state index is 0.542. The molecule has 3 aliphatic rings. The predicted octanol–water partition coefficient (Wildman–Crippen LogP) is 3.83. The molecule has 0 saturated heterocycles. The van der Waals surface area contributed by atoms with Gasteiger partial charge >= 0.3 is 0 Å². The molecule has 1 heteroatoms. The highest BCUT2D eigenvalue weighted by atomic mass is 28.3. The number of benzene rings is 1. The fourth-order valence-electron chi connectivity index (χ4n) is 5.17. The summed E-state index contributed by atoms with van der Waals surface area (Å²) in [4.78, 5) is 0. The average Bonchev–Trinajstić information content (AvgIpc) is 2.67. The van der Waals surface area contributed by atoms with Crippen LogP contribution in [0.4, 0.5) is 0 Å². The summed E-state index contributed by atoms with van der Waals surface area (Å²) in [6, 6.07) is 5.66. The van der Waals surface area contributed by atoms with Gasteiger partial charge in [0.05, 0.1) is 8.07 Å². The Morgan fingerprint density at radius 2 is 2.00 bits per heavy atom. The molecule has 1 aromatic carbocycles. The number of hydrogen-bond donors (Lipinski definition) is 0. The highest BCUT2D eigenvalue weighted by molar-refractivity contribution is 6.92. The van der Waals surface area contributed by atoms with Crippen LogP contribution in [0, 0.1) is 6.92 Å². The second kappa shape index (κ2) is 3.30. The molecular weight excluding hydrogens is 232 g/mol. The van der Waals surface area contributed by atoms with Gasteiger partial charge in [-0.1, -0.05) is 30.8 Å². The van der Waals surface area contributed by atoms with E-state index in [1.54, 1.807) is 22.7 Å². The van der Waals surface area contributed by atoms with Crippen LogP contribution in [0.2, 0.25) is 18.6 Å². The molecule has 2 atom stereocenters. The monoisotopic (exact) mass is 256 g/mol. The lowest BCUT2D eigenvalue weighted by Gasteiger charge is -2.46. The first kappa shape index (κ1) is 11.3. The van der Waals surface area contributed by atoms with Crippen molar-refractivity contribution in [3.63, 3.8) is 0 Å². The van der Waals surface area contributed by atoms with Crippen molar-refractivity contribution in [2.45, 2.75) is 70.0 Å². The quantitative estimate of drug-likeness (QED) is 0.619. The molecule has 96 valence electrons. The van der Waals surface area contributed by atoms with E-state index in [1.165, 1.54) is 38.1 Å². The summed E-state index contributed by atoms with van der Waals surface area (Å²) >= 11 is 0. The summed E-state index contributed by atoms with van der Waals surface area (Å²) in [5.41, 5.74) is 7.55. The van der Waals surface area contributed by atoms with Gasteiger partial charge in [-0.15, -0.1) is 0 Å². The Bertz CT molecular complexity index is 545. The highest BCUT2D eigenvalue weighted by Crippen LogP contribution is 2.49. The average molecular weight is 256 g/mol. The molecule has 0 saturated carbocycles. The number of rotatable bonds is 0. The Labute approximate surface area is 112 Å². The maximum atomic E-state index is 2.67. The predicted molar refractivity (Wildman–Crippen MR) is 80.7 cm³/mol. The van der Waals surface area contributed by atoms with Crippen molar-refractivity contribution >= 4 is 13.3 Å². The van der Waals surface area contributed by atoms with Crippen molar-refractivity contribution in [1.29, 1.82) is 0 Å². The molecule has 2 unspecified atom stereocenters.